The van der Waals surface area contributed by atoms with Gasteiger partial charge in [-0.05, 0) is 55.0 Å². The summed E-state index contributed by atoms with van der Waals surface area (Å²) in [5.41, 5.74) is 2.32. The van der Waals surface area contributed by atoms with Gasteiger partial charge in [-0.1, -0.05) is 12.1 Å². The molecule has 2 heterocycles. The van der Waals surface area contributed by atoms with Gasteiger partial charge in [-0.2, -0.15) is 5.10 Å². The highest BCUT2D eigenvalue weighted by Crippen LogP contribution is 2.34. The van der Waals surface area contributed by atoms with Crippen LogP contribution >= 0.6 is 0 Å². The predicted octanol–water partition coefficient (Wildman–Crippen LogP) is 2.35. The number of ether oxygens (including phenoxy) is 1. The number of carbonyl (C=O) groups is 2. The fraction of sp³-hybridized carbons (Fsp3) is 0.273. The molecule has 1 aromatic carbocycles. The first kappa shape index (κ1) is 19.6. The molecule has 1 atom stereocenters. The summed E-state index contributed by atoms with van der Waals surface area (Å²) >= 11 is 0. The van der Waals surface area contributed by atoms with Gasteiger partial charge in [0.1, 0.15) is 5.75 Å². The van der Waals surface area contributed by atoms with Gasteiger partial charge in [-0.25, -0.2) is 4.68 Å². The zero-order chi connectivity index (χ0) is 20.9. The Balaban J connectivity index is 1.37. The first-order chi connectivity index (χ1) is 14.6. The summed E-state index contributed by atoms with van der Waals surface area (Å²) in [6.45, 7) is 0. The number of hydrogen-bond acceptors (Lipinski definition) is 5. The van der Waals surface area contributed by atoms with Crippen molar-refractivity contribution in [1.29, 1.82) is 0 Å². The summed E-state index contributed by atoms with van der Waals surface area (Å²) in [4.78, 5) is 28.9. The second-order valence-corrected chi connectivity index (χ2v) is 7.31. The summed E-state index contributed by atoms with van der Waals surface area (Å²) in [6, 6.07) is 11.3. The topological polar surface area (TPSA) is 98.1 Å². The lowest BCUT2D eigenvalue weighted by molar-refractivity contribution is -0.136. The lowest BCUT2D eigenvalue weighted by Crippen LogP contribution is -2.44. The minimum atomic E-state index is -0.708. The molecule has 1 saturated carbocycles. The first-order valence-electron chi connectivity index (χ1n) is 9.82. The third-order valence-electron chi connectivity index (χ3n) is 5.07. The van der Waals surface area contributed by atoms with E-state index < -0.39 is 11.8 Å². The number of carbonyl (C=O) groups excluding carboxylic acids is 2. The molecule has 3 aromatic rings. The number of methoxy groups -OCH3 is 1. The summed E-state index contributed by atoms with van der Waals surface area (Å²) in [5.74, 6) is -0.188. The summed E-state index contributed by atoms with van der Waals surface area (Å²) in [6.07, 6.45) is 9.22. The van der Waals surface area contributed by atoms with E-state index >= 15 is 0 Å². The van der Waals surface area contributed by atoms with Gasteiger partial charge >= 0.3 is 11.8 Å². The van der Waals surface area contributed by atoms with Crippen LogP contribution in [0.3, 0.4) is 0 Å². The van der Waals surface area contributed by atoms with Crippen molar-refractivity contribution in [1.82, 2.24) is 20.1 Å². The molecule has 8 nitrogen and oxygen atoms in total. The zero-order valence-corrected chi connectivity index (χ0v) is 16.6. The molecule has 0 spiro atoms. The molecule has 0 saturated heterocycles. The number of pyridine rings is 1. The highest BCUT2D eigenvalue weighted by molar-refractivity contribution is 6.39. The van der Waals surface area contributed by atoms with Crippen LogP contribution in [0.1, 0.15) is 18.4 Å². The molecule has 1 aliphatic carbocycles. The number of amides is 2. The Morgan fingerprint density at radius 3 is 2.73 bits per heavy atom. The van der Waals surface area contributed by atoms with Crippen LogP contribution in [-0.2, 0) is 16.0 Å². The molecule has 30 heavy (non-hydrogen) atoms. The second kappa shape index (κ2) is 8.77. The standard InChI is InChI=1S/C22H23N5O3/c1-30-19-4-2-3-15(11-19)12-20(16-5-6-16)26-22(29)21(28)25-17-13-24-27(14-17)18-7-9-23-10-8-18/h2-4,7-11,13-14,16,20H,5-6,12H2,1H3,(H,25,28)(H,26,29). The number of anilines is 1. The quantitative estimate of drug-likeness (QED) is 0.588. The fourth-order valence-electron chi connectivity index (χ4n) is 3.33. The minimum absolute atomic E-state index is 0.0881. The van der Waals surface area contributed by atoms with Crippen molar-refractivity contribution >= 4 is 17.5 Å². The van der Waals surface area contributed by atoms with Crippen molar-refractivity contribution in [3.63, 3.8) is 0 Å². The SMILES string of the molecule is COc1cccc(CC(NC(=O)C(=O)Nc2cnn(-c3ccncc3)c2)C2CC2)c1. The second-order valence-electron chi connectivity index (χ2n) is 7.31. The van der Waals surface area contributed by atoms with Gasteiger partial charge in [-0.15, -0.1) is 0 Å². The van der Waals surface area contributed by atoms with E-state index in [4.69, 9.17) is 4.74 Å². The number of hydrogen-bond donors (Lipinski definition) is 2. The molecular weight excluding hydrogens is 382 g/mol. The van der Waals surface area contributed by atoms with Gasteiger partial charge in [0, 0.05) is 18.4 Å². The largest absolute Gasteiger partial charge is 0.497 e. The van der Waals surface area contributed by atoms with E-state index in [9.17, 15) is 9.59 Å². The molecule has 0 bridgehead atoms. The van der Waals surface area contributed by atoms with Crippen molar-refractivity contribution in [2.24, 2.45) is 5.92 Å². The van der Waals surface area contributed by atoms with Gasteiger partial charge in [0.15, 0.2) is 0 Å². The lowest BCUT2D eigenvalue weighted by Gasteiger charge is -2.18. The maximum Gasteiger partial charge on any atom is 0.313 e. The molecule has 2 aromatic heterocycles. The van der Waals surface area contributed by atoms with Crippen LogP contribution in [0.5, 0.6) is 5.75 Å². The van der Waals surface area contributed by atoms with E-state index in [1.165, 1.54) is 6.20 Å². The van der Waals surface area contributed by atoms with Gasteiger partial charge < -0.3 is 15.4 Å². The maximum absolute atomic E-state index is 12.5. The Bertz CT molecular complexity index is 1030. The summed E-state index contributed by atoms with van der Waals surface area (Å²) in [7, 11) is 1.63. The summed E-state index contributed by atoms with van der Waals surface area (Å²) in [5, 5.41) is 9.71. The minimum Gasteiger partial charge on any atom is -0.497 e. The van der Waals surface area contributed by atoms with Crippen molar-refractivity contribution < 1.29 is 14.3 Å². The third-order valence-corrected chi connectivity index (χ3v) is 5.07. The van der Waals surface area contributed by atoms with Gasteiger partial charge in [0.2, 0.25) is 0 Å². The average molecular weight is 405 g/mol. The van der Waals surface area contributed by atoms with Gasteiger partial charge in [0.25, 0.3) is 0 Å². The Hall–Kier alpha value is -3.68. The van der Waals surface area contributed by atoms with Crippen molar-refractivity contribution in [3.8, 4) is 11.4 Å². The van der Waals surface area contributed by atoms with E-state index in [0.717, 1.165) is 29.8 Å². The van der Waals surface area contributed by atoms with E-state index in [1.807, 2.05) is 24.3 Å². The number of nitrogens with one attached hydrogen (secondary N) is 2. The molecular formula is C22H23N5O3. The van der Waals surface area contributed by atoms with Crippen LogP contribution in [0.15, 0.2) is 61.2 Å². The van der Waals surface area contributed by atoms with Crippen LogP contribution in [0.2, 0.25) is 0 Å². The lowest BCUT2D eigenvalue weighted by atomic mass is 10.0. The van der Waals surface area contributed by atoms with Crippen LogP contribution in [0.4, 0.5) is 5.69 Å². The molecule has 2 amide bonds. The number of nitrogens with zero attached hydrogens (tertiary/aromatic N) is 3. The highest BCUT2D eigenvalue weighted by atomic mass is 16.5. The Morgan fingerprint density at radius 1 is 1.20 bits per heavy atom. The monoisotopic (exact) mass is 405 g/mol. The average Bonchev–Trinajstić information content (AvgIpc) is 3.52. The number of rotatable bonds is 7. The molecule has 154 valence electrons. The molecule has 1 fully saturated rings. The smallest absolute Gasteiger partial charge is 0.313 e. The van der Waals surface area contributed by atoms with Gasteiger partial charge in [0.05, 0.1) is 30.9 Å². The Kier molecular flexibility index (Phi) is 5.74. The van der Waals surface area contributed by atoms with Gasteiger partial charge in [-0.3, -0.25) is 14.6 Å². The predicted molar refractivity (Wildman–Crippen MR) is 111 cm³/mol. The van der Waals surface area contributed by atoms with Crippen LogP contribution in [-0.4, -0.2) is 39.7 Å². The molecule has 4 rings (SSSR count). The molecule has 2 N–H and O–H groups in total. The molecule has 0 aliphatic heterocycles. The number of benzene rings is 1. The molecule has 1 aliphatic rings. The zero-order valence-electron chi connectivity index (χ0n) is 16.6. The van der Waals surface area contributed by atoms with E-state index in [1.54, 1.807) is 42.5 Å². The first-order valence-corrected chi connectivity index (χ1v) is 9.82. The highest BCUT2D eigenvalue weighted by Gasteiger charge is 2.33. The van der Waals surface area contributed by atoms with Crippen LogP contribution in [0.25, 0.3) is 5.69 Å². The van der Waals surface area contributed by atoms with Crippen LogP contribution < -0.4 is 15.4 Å². The van der Waals surface area contributed by atoms with E-state index in [0.29, 0.717) is 18.0 Å². The normalized spacial score (nSPS) is 14.0. The van der Waals surface area contributed by atoms with E-state index in [-0.39, 0.29) is 6.04 Å². The Labute approximate surface area is 174 Å². The van der Waals surface area contributed by atoms with Crippen molar-refractivity contribution in [2.45, 2.75) is 25.3 Å². The summed E-state index contributed by atoms with van der Waals surface area (Å²) < 4.78 is 6.87. The fourth-order valence-corrected chi connectivity index (χ4v) is 3.33. The molecule has 1 unspecified atom stereocenters. The molecule has 0 radical (unpaired) electrons. The van der Waals surface area contributed by atoms with Crippen LogP contribution in [0, 0.1) is 5.92 Å². The number of aromatic nitrogens is 3. The molecule has 8 heteroatoms. The Morgan fingerprint density at radius 2 is 2.00 bits per heavy atom. The maximum atomic E-state index is 12.5. The van der Waals surface area contributed by atoms with Crippen molar-refractivity contribution in [2.75, 3.05) is 12.4 Å². The van der Waals surface area contributed by atoms with Crippen molar-refractivity contribution in [3.05, 3.63) is 66.7 Å². The third kappa shape index (κ3) is 4.83. The van der Waals surface area contributed by atoms with E-state index in [2.05, 4.69) is 20.7 Å².